The zero-order valence-electron chi connectivity index (χ0n) is 16.7. The average Bonchev–Trinajstić information content (AvgIpc) is 2.83. The molecule has 0 bridgehead atoms. The molecule has 1 fully saturated rings. The zero-order chi connectivity index (χ0) is 17.5. The molecule has 0 N–H and O–H groups in total. The maximum absolute atomic E-state index is 12.2. The standard InChI is InChI=1S/C18H24BrN3O2.Na.H/c1-18(2,3)24-17(23)22-7-5-12(6-8-22)15-10-14-16(21(15)4)9-13(19)11-20-14;;/h9-12H,5-8H2,1-4H3;;/q;+1;-1. The first-order valence-electron chi connectivity index (χ1n) is 8.33. The second-order valence-electron chi connectivity index (χ2n) is 7.43. The van der Waals surface area contributed by atoms with Crippen LogP contribution < -0.4 is 29.6 Å². The number of amides is 1. The Labute approximate surface area is 181 Å². The van der Waals surface area contributed by atoms with Crippen LogP contribution in [0.3, 0.4) is 0 Å². The van der Waals surface area contributed by atoms with Crippen molar-refractivity contribution in [3.05, 3.63) is 28.5 Å². The fraction of sp³-hybridized carbons (Fsp3) is 0.556. The molecule has 25 heavy (non-hydrogen) atoms. The molecule has 1 amide bonds. The second-order valence-corrected chi connectivity index (χ2v) is 8.34. The van der Waals surface area contributed by atoms with Crippen molar-refractivity contribution in [3.63, 3.8) is 0 Å². The molecule has 1 saturated heterocycles. The first kappa shape index (κ1) is 20.7. The van der Waals surface area contributed by atoms with Crippen LogP contribution >= 0.6 is 15.9 Å². The minimum atomic E-state index is -0.442. The monoisotopic (exact) mass is 417 g/mol. The Morgan fingerprint density at radius 2 is 1.96 bits per heavy atom. The Kier molecular flexibility index (Phi) is 6.63. The smallest absolute Gasteiger partial charge is 1.00 e. The number of rotatable bonds is 1. The first-order chi connectivity index (χ1) is 11.2. The molecule has 1 aliphatic rings. The van der Waals surface area contributed by atoms with Gasteiger partial charge in [-0.05, 0) is 61.7 Å². The summed E-state index contributed by atoms with van der Waals surface area (Å²) < 4.78 is 8.68. The number of nitrogens with zero attached hydrogens (tertiary/aromatic N) is 3. The molecule has 0 aromatic carbocycles. The summed E-state index contributed by atoms with van der Waals surface area (Å²) in [6, 6.07) is 4.28. The van der Waals surface area contributed by atoms with Crippen molar-refractivity contribution in [1.29, 1.82) is 0 Å². The van der Waals surface area contributed by atoms with E-state index in [1.807, 2.05) is 31.9 Å². The number of hydrogen-bond acceptors (Lipinski definition) is 3. The second kappa shape index (κ2) is 7.99. The molecular formula is C18H25BrN3NaO2. The van der Waals surface area contributed by atoms with E-state index in [-0.39, 0.29) is 37.1 Å². The van der Waals surface area contributed by atoms with E-state index in [1.165, 1.54) is 5.69 Å². The zero-order valence-corrected chi connectivity index (χ0v) is 19.3. The largest absolute Gasteiger partial charge is 1.00 e. The van der Waals surface area contributed by atoms with Gasteiger partial charge >= 0.3 is 35.7 Å². The van der Waals surface area contributed by atoms with Gasteiger partial charge in [-0.2, -0.15) is 0 Å². The number of aryl methyl sites for hydroxylation is 1. The van der Waals surface area contributed by atoms with Gasteiger partial charge in [-0.15, -0.1) is 0 Å². The summed E-state index contributed by atoms with van der Waals surface area (Å²) in [6.45, 7) is 7.17. The van der Waals surface area contributed by atoms with Crippen LogP contribution in [-0.4, -0.2) is 39.2 Å². The summed E-state index contributed by atoms with van der Waals surface area (Å²) in [5.41, 5.74) is 3.00. The van der Waals surface area contributed by atoms with E-state index < -0.39 is 5.60 Å². The van der Waals surface area contributed by atoms with Gasteiger partial charge in [0.05, 0.1) is 11.0 Å². The van der Waals surface area contributed by atoms with Gasteiger partial charge in [-0.25, -0.2) is 4.79 Å². The average molecular weight is 418 g/mol. The Hall–Kier alpha value is -0.560. The normalized spacial score (nSPS) is 16.0. The van der Waals surface area contributed by atoms with Crippen LogP contribution in [0.1, 0.15) is 46.7 Å². The number of carbonyl (C=O) groups excluding carboxylic acids is 1. The number of aromatic nitrogens is 2. The summed E-state index contributed by atoms with van der Waals surface area (Å²) in [5.74, 6) is 0.446. The van der Waals surface area contributed by atoms with E-state index in [0.29, 0.717) is 5.92 Å². The van der Waals surface area contributed by atoms with E-state index in [9.17, 15) is 4.79 Å². The number of ether oxygens (including phenoxy) is 1. The summed E-state index contributed by atoms with van der Waals surface area (Å²) in [6.07, 6.45) is 3.52. The van der Waals surface area contributed by atoms with Gasteiger partial charge < -0.3 is 15.6 Å². The number of halogens is 1. The molecule has 0 saturated carbocycles. The molecule has 2 aromatic heterocycles. The fourth-order valence-electron chi connectivity index (χ4n) is 3.27. The SMILES string of the molecule is Cn1c(C2CCN(C(=O)OC(C)(C)C)CC2)cc2ncc(Br)cc21.[H-].[Na+]. The van der Waals surface area contributed by atoms with E-state index in [0.717, 1.165) is 41.4 Å². The van der Waals surface area contributed by atoms with Crippen LogP contribution in [0.5, 0.6) is 0 Å². The first-order valence-corrected chi connectivity index (χ1v) is 9.13. The van der Waals surface area contributed by atoms with E-state index in [4.69, 9.17) is 4.74 Å². The van der Waals surface area contributed by atoms with Crippen molar-refractivity contribution in [2.45, 2.75) is 45.1 Å². The molecule has 3 heterocycles. The Morgan fingerprint density at radius 3 is 2.56 bits per heavy atom. The quantitative estimate of drug-likeness (QED) is 0.661. The summed E-state index contributed by atoms with van der Waals surface area (Å²) in [4.78, 5) is 18.5. The van der Waals surface area contributed by atoms with Gasteiger partial charge in [0, 0.05) is 42.4 Å². The van der Waals surface area contributed by atoms with E-state index in [2.05, 4.69) is 44.7 Å². The molecule has 132 valence electrons. The van der Waals surface area contributed by atoms with Crippen molar-refractivity contribution in [2.24, 2.45) is 7.05 Å². The van der Waals surface area contributed by atoms with Crippen molar-refractivity contribution in [3.8, 4) is 0 Å². The number of carbonyl (C=O) groups is 1. The molecule has 0 spiro atoms. The van der Waals surface area contributed by atoms with Gasteiger partial charge in [-0.1, -0.05) is 0 Å². The number of pyridine rings is 1. The molecule has 1 aliphatic heterocycles. The Bertz CT molecular complexity index is 768. The van der Waals surface area contributed by atoms with Crippen LogP contribution in [0.2, 0.25) is 0 Å². The maximum atomic E-state index is 12.2. The van der Waals surface area contributed by atoms with Crippen molar-refractivity contribution >= 4 is 33.1 Å². The molecule has 7 heteroatoms. The van der Waals surface area contributed by atoms with Gasteiger partial charge in [0.25, 0.3) is 0 Å². The van der Waals surface area contributed by atoms with Crippen LogP contribution in [0, 0.1) is 0 Å². The van der Waals surface area contributed by atoms with Gasteiger partial charge in [-0.3, -0.25) is 4.98 Å². The third-order valence-electron chi connectivity index (χ3n) is 4.46. The molecule has 0 radical (unpaired) electrons. The summed E-state index contributed by atoms with van der Waals surface area (Å²) in [5, 5.41) is 0. The molecule has 0 unspecified atom stereocenters. The molecule has 5 nitrogen and oxygen atoms in total. The summed E-state index contributed by atoms with van der Waals surface area (Å²) in [7, 11) is 2.09. The molecule has 3 rings (SSSR count). The third kappa shape index (κ3) is 4.79. The predicted molar refractivity (Wildman–Crippen MR) is 99.3 cm³/mol. The van der Waals surface area contributed by atoms with Gasteiger partial charge in [0.2, 0.25) is 0 Å². The predicted octanol–water partition coefficient (Wildman–Crippen LogP) is 1.57. The van der Waals surface area contributed by atoms with Gasteiger partial charge in [0.15, 0.2) is 0 Å². The van der Waals surface area contributed by atoms with Crippen molar-refractivity contribution in [2.75, 3.05) is 13.1 Å². The van der Waals surface area contributed by atoms with Crippen molar-refractivity contribution < 1.29 is 40.5 Å². The topological polar surface area (TPSA) is 47.4 Å². The van der Waals surface area contributed by atoms with E-state index in [1.54, 1.807) is 0 Å². The molecule has 0 aliphatic carbocycles. The fourth-order valence-corrected chi connectivity index (χ4v) is 3.59. The van der Waals surface area contributed by atoms with Crippen LogP contribution in [-0.2, 0) is 11.8 Å². The van der Waals surface area contributed by atoms with Crippen molar-refractivity contribution in [1.82, 2.24) is 14.5 Å². The number of fused-ring (bicyclic) bond motifs is 1. The number of piperidine rings is 1. The molecular weight excluding hydrogens is 393 g/mol. The Balaban J connectivity index is 0.00000169. The van der Waals surface area contributed by atoms with Gasteiger partial charge in [0.1, 0.15) is 5.60 Å². The van der Waals surface area contributed by atoms with Crippen LogP contribution in [0.4, 0.5) is 4.79 Å². The van der Waals surface area contributed by atoms with Crippen LogP contribution in [0.25, 0.3) is 11.0 Å². The van der Waals surface area contributed by atoms with Crippen LogP contribution in [0.15, 0.2) is 22.8 Å². The molecule has 0 atom stereocenters. The number of hydrogen-bond donors (Lipinski definition) is 0. The van der Waals surface area contributed by atoms with E-state index >= 15 is 0 Å². The maximum Gasteiger partial charge on any atom is 1.00 e. The minimum Gasteiger partial charge on any atom is -1.00 e. The molecule has 2 aromatic rings. The minimum absolute atomic E-state index is 0. The summed E-state index contributed by atoms with van der Waals surface area (Å²) >= 11 is 3.49. The third-order valence-corrected chi connectivity index (χ3v) is 4.90. The number of likely N-dealkylation sites (tertiary alicyclic amines) is 1. The Morgan fingerprint density at radius 1 is 1.32 bits per heavy atom.